The number of carboxylic acid groups (broad SMARTS) is 2. The van der Waals surface area contributed by atoms with E-state index in [1.54, 1.807) is 0 Å². The van der Waals surface area contributed by atoms with E-state index >= 15 is 0 Å². The van der Waals surface area contributed by atoms with Gasteiger partial charge in [-0.15, -0.1) is 0 Å². The maximum absolute atomic E-state index is 10.0. The molecule has 0 N–H and O–H groups in total. The van der Waals surface area contributed by atoms with E-state index < -0.39 is 11.9 Å². The molecule has 0 unspecified atom stereocenters. The maximum atomic E-state index is 10.0. The van der Waals surface area contributed by atoms with Crippen molar-refractivity contribution in [1.82, 2.24) is 0 Å². The van der Waals surface area contributed by atoms with Gasteiger partial charge in [0, 0.05) is 11.9 Å². The summed E-state index contributed by atoms with van der Waals surface area (Å²) in [7, 11) is 0. The van der Waals surface area contributed by atoms with Crippen molar-refractivity contribution in [3.63, 3.8) is 0 Å². The first kappa shape index (κ1) is 29.9. The van der Waals surface area contributed by atoms with E-state index in [0.717, 1.165) is 50.4 Å². The molecule has 0 aliphatic carbocycles. The molecule has 0 saturated carbocycles. The maximum Gasteiger partial charge on any atom is 2.00 e. The summed E-state index contributed by atoms with van der Waals surface area (Å²) in [5.41, 5.74) is 0. The summed E-state index contributed by atoms with van der Waals surface area (Å²) in [4.78, 5) is 20.1. The van der Waals surface area contributed by atoms with Crippen LogP contribution in [0.1, 0.15) is 105 Å². The van der Waals surface area contributed by atoms with Crippen molar-refractivity contribution in [2.24, 2.45) is 11.8 Å². The zero-order valence-corrected chi connectivity index (χ0v) is 19.2. The van der Waals surface area contributed by atoms with Gasteiger partial charge in [-0.05, 0) is 37.5 Å². The normalized spacial score (nSPS) is 10.2. The number of carbonyl (C=O) groups excluding carboxylic acids is 2. The molecule has 0 aliphatic rings. The fourth-order valence-corrected chi connectivity index (χ4v) is 2.35. The minimum atomic E-state index is -0.918. The van der Waals surface area contributed by atoms with Gasteiger partial charge in [-0.1, -0.05) is 79.1 Å². The topological polar surface area (TPSA) is 80.3 Å². The number of carboxylic acids is 2. The molecule has 0 radical (unpaired) electrons. The molecule has 144 valence electrons. The summed E-state index contributed by atoms with van der Waals surface area (Å²) >= 11 is 0. The van der Waals surface area contributed by atoms with Gasteiger partial charge < -0.3 is 19.8 Å². The van der Waals surface area contributed by atoms with Crippen molar-refractivity contribution >= 4 is 49.7 Å². The van der Waals surface area contributed by atoms with Crippen molar-refractivity contribution in [2.45, 2.75) is 105 Å². The Hall–Kier alpha value is 0.200. The molecule has 0 aromatic rings. The molecular weight excluding hydrogens is 344 g/mol. The number of carbonyl (C=O) groups is 2. The minimum absolute atomic E-state index is 0. The molecule has 0 saturated heterocycles. The first-order valence-electron chi connectivity index (χ1n) is 9.65. The average molecular weight is 383 g/mol. The molecule has 25 heavy (non-hydrogen) atoms. The third-order valence-electron chi connectivity index (χ3n) is 3.82. The van der Waals surface area contributed by atoms with Gasteiger partial charge in [0.15, 0.2) is 0 Å². The number of rotatable bonds is 14. The molecule has 0 aliphatic heterocycles. The Morgan fingerprint density at radius 2 is 0.880 bits per heavy atom. The summed E-state index contributed by atoms with van der Waals surface area (Å²) in [6.07, 6.45) is 11.3. The Balaban J connectivity index is -0.000000372. The summed E-state index contributed by atoms with van der Waals surface area (Å²) in [6.45, 7) is 8.84. The standard InChI is InChI=1S/2C10H20O2.Ca/c2*1-9(2)7-5-3-4-6-8-10(11)12;/h2*9H,3-8H2,1-2H3,(H,11,12);/q;;+2/p-2. The quantitative estimate of drug-likeness (QED) is 0.341. The summed E-state index contributed by atoms with van der Waals surface area (Å²) in [5, 5.41) is 20.1. The second kappa shape index (κ2) is 22.2. The largest absolute Gasteiger partial charge is 2.00 e. The van der Waals surface area contributed by atoms with Crippen LogP contribution in [0.15, 0.2) is 0 Å². The van der Waals surface area contributed by atoms with Crippen LogP contribution in [0.3, 0.4) is 0 Å². The molecule has 0 fully saturated rings. The zero-order valence-electron chi connectivity index (χ0n) is 17.0. The molecule has 0 bridgehead atoms. The van der Waals surface area contributed by atoms with E-state index in [9.17, 15) is 19.8 Å². The van der Waals surface area contributed by atoms with Crippen molar-refractivity contribution in [3.05, 3.63) is 0 Å². The van der Waals surface area contributed by atoms with Gasteiger partial charge in [-0.2, -0.15) is 0 Å². The van der Waals surface area contributed by atoms with Gasteiger partial charge >= 0.3 is 37.7 Å². The molecule has 0 aromatic carbocycles. The first-order chi connectivity index (χ1) is 11.3. The van der Waals surface area contributed by atoms with Crippen LogP contribution in [0.2, 0.25) is 0 Å². The molecule has 0 amide bonds. The second-order valence-corrected chi connectivity index (χ2v) is 7.44. The molecule has 0 aromatic heterocycles. The Morgan fingerprint density at radius 1 is 0.600 bits per heavy atom. The van der Waals surface area contributed by atoms with Crippen LogP contribution in [0, 0.1) is 11.8 Å². The van der Waals surface area contributed by atoms with Gasteiger partial charge in [0.1, 0.15) is 0 Å². The Kier molecular flexibility index (Phi) is 26.6. The van der Waals surface area contributed by atoms with Crippen molar-refractivity contribution in [3.8, 4) is 0 Å². The Labute approximate surface area is 185 Å². The van der Waals surface area contributed by atoms with Crippen LogP contribution in [0.4, 0.5) is 0 Å². The smallest absolute Gasteiger partial charge is 0.550 e. The Morgan fingerprint density at radius 3 is 1.12 bits per heavy atom. The molecule has 0 rings (SSSR count). The van der Waals surface area contributed by atoms with E-state index in [4.69, 9.17) is 0 Å². The summed E-state index contributed by atoms with van der Waals surface area (Å²) in [6, 6.07) is 0. The van der Waals surface area contributed by atoms with Gasteiger partial charge in [0.2, 0.25) is 0 Å². The van der Waals surface area contributed by atoms with E-state index in [0.29, 0.717) is 0 Å². The van der Waals surface area contributed by atoms with E-state index in [1.807, 2.05) is 0 Å². The average Bonchev–Trinajstić information content (AvgIpc) is 2.46. The second-order valence-electron chi connectivity index (χ2n) is 7.44. The molecule has 4 nitrogen and oxygen atoms in total. The molecule has 5 heteroatoms. The zero-order chi connectivity index (χ0) is 18.8. The predicted molar refractivity (Wildman–Crippen MR) is 101 cm³/mol. The third kappa shape index (κ3) is 36.0. The van der Waals surface area contributed by atoms with Gasteiger partial charge in [-0.25, -0.2) is 0 Å². The molecular formula is C20H38CaO4. The number of hydrogen-bond acceptors (Lipinski definition) is 4. The number of hydrogen-bond donors (Lipinski definition) is 0. The van der Waals surface area contributed by atoms with Crippen molar-refractivity contribution in [1.29, 1.82) is 0 Å². The van der Waals surface area contributed by atoms with Crippen LogP contribution in [0.25, 0.3) is 0 Å². The summed E-state index contributed by atoms with van der Waals surface area (Å²) < 4.78 is 0. The van der Waals surface area contributed by atoms with Crippen molar-refractivity contribution in [2.75, 3.05) is 0 Å². The first-order valence-corrected chi connectivity index (χ1v) is 9.65. The van der Waals surface area contributed by atoms with E-state index in [-0.39, 0.29) is 50.6 Å². The van der Waals surface area contributed by atoms with E-state index in [1.165, 1.54) is 25.7 Å². The number of aliphatic carboxylic acids is 2. The fourth-order valence-electron chi connectivity index (χ4n) is 2.35. The van der Waals surface area contributed by atoms with Crippen LogP contribution >= 0.6 is 0 Å². The predicted octanol–water partition coefficient (Wildman–Crippen LogP) is 3.09. The van der Waals surface area contributed by atoms with Crippen LogP contribution < -0.4 is 10.2 Å². The molecule has 0 atom stereocenters. The minimum Gasteiger partial charge on any atom is -0.550 e. The SMILES string of the molecule is CC(C)CCCCCCC(=O)[O-].CC(C)CCCCCCC(=O)[O-].[Ca+2]. The number of unbranched alkanes of at least 4 members (excludes halogenated alkanes) is 6. The third-order valence-corrected chi connectivity index (χ3v) is 3.82. The van der Waals surface area contributed by atoms with Crippen molar-refractivity contribution < 1.29 is 19.8 Å². The van der Waals surface area contributed by atoms with Crippen LogP contribution in [0.5, 0.6) is 0 Å². The Bertz CT molecular complexity index is 274. The van der Waals surface area contributed by atoms with Gasteiger partial charge in [-0.3, -0.25) is 0 Å². The molecule has 0 spiro atoms. The van der Waals surface area contributed by atoms with Crippen LogP contribution in [-0.2, 0) is 9.59 Å². The fraction of sp³-hybridized carbons (Fsp3) is 0.900. The molecule has 0 heterocycles. The van der Waals surface area contributed by atoms with Crippen LogP contribution in [-0.4, -0.2) is 49.7 Å². The van der Waals surface area contributed by atoms with Gasteiger partial charge in [0.05, 0.1) is 0 Å². The monoisotopic (exact) mass is 382 g/mol. The van der Waals surface area contributed by atoms with Gasteiger partial charge in [0.25, 0.3) is 0 Å². The van der Waals surface area contributed by atoms with E-state index in [2.05, 4.69) is 27.7 Å². The summed E-state index contributed by atoms with van der Waals surface area (Å²) in [5.74, 6) is -0.296.